The Morgan fingerprint density at radius 3 is 2.57 bits per heavy atom. The Balaban J connectivity index is 3.13. The lowest BCUT2D eigenvalue weighted by molar-refractivity contribution is 0.0462. The van der Waals surface area contributed by atoms with E-state index in [4.69, 9.17) is 17.4 Å². The smallest absolute Gasteiger partial charge is 0.271 e. The first-order chi connectivity index (χ1) is 6.38. The molecule has 0 bridgehead atoms. The summed E-state index contributed by atoms with van der Waals surface area (Å²) in [6, 6.07) is -1.56. The summed E-state index contributed by atoms with van der Waals surface area (Å²) in [6.07, 6.45) is 0. The van der Waals surface area contributed by atoms with Crippen LogP contribution in [0.4, 0.5) is 8.78 Å². The van der Waals surface area contributed by atoms with Gasteiger partial charge in [0.2, 0.25) is 0 Å². The van der Waals surface area contributed by atoms with Crippen LogP contribution in [0.5, 0.6) is 0 Å². The van der Waals surface area contributed by atoms with Gasteiger partial charge in [0.05, 0.1) is 5.69 Å². The van der Waals surface area contributed by atoms with E-state index in [1.165, 1.54) is 7.05 Å². The molecule has 0 saturated heterocycles. The van der Waals surface area contributed by atoms with E-state index in [9.17, 15) is 8.78 Å². The lowest BCUT2D eigenvalue weighted by atomic mass is 10.2. The van der Waals surface area contributed by atoms with E-state index in [-0.39, 0.29) is 10.3 Å². The number of nitrogens with zero attached hydrogens (tertiary/aromatic N) is 3. The highest BCUT2D eigenvalue weighted by molar-refractivity contribution is 9.10. The topological polar surface area (TPSA) is 68.8 Å². The molecule has 3 N–H and O–H groups in total. The van der Waals surface area contributed by atoms with E-state index in [0.29, 0.717) is 0 Å². The first kappa shape index (κ1) is 11.8. The molecule has 0 saturated carbocycles. The van der Waals surface area contributed by atoms with Crippen LogP contribution >= 0.6 is 27.5 Å². The van der Waals surface area contributed by atoms with Gasteiger partial charge in [0.25, 0.3) is 0 Å². The van der Waals surface area contributed by atoms with Crippen molar-refractivity contribution in [2.24, 2.45) is 12.9 Å². The van der Waals surface area contributed by atoms with Crippen molar-refractivity contribution in [3.8, 4) is 0 Å². The molecule has 80 valence electrons. The third-order valence-corrected chi connectivity index (χ3v) is 2.38. The zero-order valence-electron chi connectivity index (χ0n) is 7.01. The van der Waals surface area contributed by atoms with Gasteiger partial charge in [-0.2, -0.15) is 8.78 Å². The van der Waals surface area contributed by atoms with Gasteiger partial charge in [-0.1, -0.05) is 5.21 Å². The van der Waals surface area contributed by atoms with Crippen LogP contribution in [0, 0.1) is 0 Å². The molecule has 0 aromatic carbocycles. The highest BCUT2D eigenvalue weighted by atomic mass is 79.9. The lowest BCUT2D eigenvalue weighted by Gasteiger charge is -2.20. The maximum atomic E-state index is 12.8. The summed E-state index contributed by atoms with van der Waals surface area (Å²) < 4.78 is 27.0. The van der Waals surface area contributed by atoms with Gasteiger partial charge < -0.3 is 0 Å². The van der Waals surface area contributed by atoms with E-state index >= 15 is 0 Å². The van der Waals surface area contributed by atoms with Crippen molar-refractivity contribution < 1.29 is 8.78 Å². The Kier molecular flexibility index (Phi) is 3.40. The van der Waals surface area contributed by atoms with Crippen LogP contribution in [0.3, 0.4) is 0 Å². The minimum Gasteiger partial charge on any atom is -0.271 e. The molecule has 1 aromatic heterocycles. The van der Waals surface area contributed by atoms with E-state index in [0.717, 1.165) is 4.68 Å². The third-order valence-electron chi connectivity index (χ3n) is 1.59. The van der Waals surface area contributed by atoms with Crippen molar-refractivity contribution in [1.29, 1.82) is 0 Å². The highest BCUT2D eigenvalue weighted by Gasteiger charge is 2.41. The summed E-state index contributed by atoms with van der Waals surface area (Å²) in [5.41, 5.74) is 1.99. The van der Waals surface area contributed by atoms with Crippen LogP contribution in [0.25, 0.3) is 0 Å². The van der Waals surface area contributed by atoms with Crippen molar-refractivity contribution in [3.05, 3.63) is 10.3 Å². The molecular weight excluding hydrogens is 283 g/mol. The molecule has 1 unspecified atom stereocenters. The molecule has 1 atom stereocenters. The predicted octanol–water partition coefficient (Wildman–Crippen LogP) is 0.914. The van der Waals surface area contributed by atoms with Gasteiger partial charge in [-0.15, -0.1) is 5.10 Å². The number of rotatable bonds is 3. The first-order valence-electron chi connectivity index (χ1n) is 3.46. The minimum absolute atomic E-state index is 0.0764. The second-order valence-electron chi connectivity index (χ2n) is 2.53. The third kappa shape index (κ3) is 2.19. The monoisotopic (exact) mass is 289 g/mol. The van der Waals surface area contributed by atoms with Crippen molar-refractivity contribution in [2.75, 3.05) is 0 Å². The maximum Gasteiger partial charge on any atom is 0.343 e. The summed E-state index contributed by atoms with van der Waals surface area (Å²) in [5, 5.41) is 3.55. The highest BCUT2D eigenvalue weighted by Crippen LogP contribution is 2.36. The standard InChI is InChI=1S/C5H7BrClF2N5/c1-14-2(4(6)12-13-14)3(11-10)5(7,8)9/h3,11H,10H2,1H3. The summed E-state index contributed by atoms with van der Waals surface area (Å²) in [6.45, 7) is 0. The molecule has 0 radical (unpaired) electrons. The average Bonchev–Trinajstić information content (AvgIpc) is 2.34. The number of aryl methyl sites for hydroxylation is 1. The number of nitrogens with two attached hydrogens (primary N) is 1. The number of hydrazine groups is 1. The number of hydrogen-bond donors (Lipinski definition) is 2. The molecule has 0 aliphatic rings. The molecule has 9 heteroatoms. The lowest BCUT2D eigenvalue weighted by Crippen LogP contribution is -2.39. The minimum atomic E-state index is -3.52. The largest absolute Gasteiger partial charge is 0.343 e. The first-order valence-corrected chi connectivity index (χ1v) is 4.63. The second-order valence-corrected chi connectivity index (χ2v) is 3.79. The zero-order valence-corrected chi connectivity index (χ0v) is 9.35. The maximum absolute atomic E-state index is 12.8. The van der Waals surface area contributed by atoms with Gasteiger partial charge in [0, 0.05) is 7.05 Å². The summed E-state index contributed by atoms with van der Waals surface area (Å²) in [7, 11) is 1.46. The Bertz CT molecular complexity index is 305. The SMILES string of the molecule is Cn1nnc(Br)c1C(NN)C(F)(F)Cl. The predicted molar refractivity (Wildman–Crippen MR) is 49.6 cm³/mol. The van der Waals surface area contributed by atoms with E-state index in [2.05, 4.69) is 26.2 Å². The van der Waals surface area contributed by atoms with Crippen molar-refractivity contribution in [2.45, 2.75) is 11.4 Å². The van der Waals surface area contributed by atoms with Gasteiger partial charge in [0.15, 0.2) is 4.60 Å². The Morgan fingerprint density at radius 1 is 1.71 bits per heavy atom. The van der Waals surface area contributed by atoms with Crippen LogP contribution in [-0.2, 0) is 7.05 Å². The zero-order chi connectivity index (χ0) is 10.9. The average molecular weight is 290 g/mol. The van der Waals surface area contributed by atoms with Gasteiger partial charge in [0.1, 0.15) is 6.04 Å². The number of hydrogen-bond acceptors (Lipinski definition) is 4. The van der Waals surface area contributed by atoms with E-state index in [1.807, 2.05) is 5.43 Å². The molecule has 5 nitrogen and oxygen atoms in total. The normalized spacial score (nSPS) is 14.4. The molecule has 0 amide bonds. The summed E-state index contributed by atoms with van der Waals surface area (Å²) in [5.74, 6) is 4.98. The van der Waals surface area contributed by atoms with Crippen molar-refractivity contribution in [1.82, 2.24) is 20.4 Å². The fourth-order valence-corrected chi connectivity index (χ4v) is 1.70. The fourth-order valence-electron chi connectivity index (χ4n) is 0.974. The van der Waals surface area contributed by atoms with Crippen LogP contribution in [0.1, 0.15) is 11.7 Å². The van der Waals surface area contributed by atoms with Crippen LogP contribution < -0.4 is 11.3 Å². The van der Waals surface area contributed by atoms with Gasteiger partial charge in [-0.3, -0.25) is 5.84 Å². The molecule has 0 spiro atoms. The molecule has 0 aliphatic heterocycles. The molecule has 1 aromatic rings. The van der Waals surface area contributed by atoms with Crippen LogP contribution in [0.15, 0.2) is 4.60 Å². The molecular formula is C5H7BrClF2N5. The quantitative estimate of drug-likeness (QED) is 0.493. The number of aromatic nitrogens is 3. The Hall–Kier alpha value is -0.310. The van der Waals surface area contributed by atoms with Gasteiger partial charge in [-0.05, 0) is 27.5 Å². The molecule has 1 rings (SSSR count). The Labute approximate surface area is 91.7 Å². The molecule has 0 fully saturated rings. The summed E-state index contributed by atoms with van der Waals surface area (Å²) >= 11 is 7.84. The van der Waals surface area contributed by atoms with Gasteiger partial charge >= 0.3 is 5.38 Å². The van der Waals surface area contributed by atoms with E-state index < -0.39 is 11.4 Å². The van der Waals surface area contributed by atoms with Crippen molar-refractivity contribution >= 4 is 27.5 Å². The number of halogens is 4. The summed E-state index contributed by atoms with van der Waals surface area (Å²) in [4.78, 5) is 0. The van der Waals surface area contributed by atoms with Gasteiger partial charge in [-0.25, -0.2) is 10.1 Å². The fraction of sp³-hybridized carbons (Fsp3) is 0.600. The molecule has 14 heavy (non-hydrogen) atoms. The Morgan fingerprint density at radius 2 is 2.29 bits per heavy atom. The van der Waals surface area contributed by atoms with Crippen molar-refractivity contribution in [3.63, 3.8) is 0 Å². The second kappa shape index (κ2) is 4.05. The number of alkyl halides is 3. The number of nitrogens with one attached hydrogen (secondary N) is 1. The molecule has 1 heterocycles. The molecule has 0 aliphatic carbocycles. The van der Waals surface area contributed by atoms with Crippen LogP contribution in [0.2, 0.25) is 0 Å². The van der Waals surface area contributed by atoms with E-state index in [1.54, 1.807) is 0 Å². The van der Waals surface area contributed by atoms with Crippen LogP contribution in [-0.4, -0.2) is 20.4 Å².